The number of rotatable bonds is 9. The summed E-state index contributed by atoms with van der Waals surface area (Å²) in [5, 5.41) is 19.4. The first-order valence-electron chi connectivity index (χ1n) is 14.3. The number of imidazole rings is 1. The molecule has 14 heteroatoms. The molecule has 2 aromatic carbocycles. The Kier molecular flexibility index (Phi) is 8.42. The number of aliphatic hydroxyl groups excluding tert-OH is 2. The molecule has 14 nitrogen and oxygen atoms in total. The van der Waals surface area contributed by atoms with Crippen LogP contribution in [0.3, 0.4) is 0 Å². The summed E-state index contributed by atoms with van der Waals surface area (Å²) >= 11 is 0. The smallest absolute Gasteiger partial charge is 0.330 e. The van der Waals surface area contributed by atoms with E-state index in [1.54, 1.807) is 65.2 Å². The molecule has 6 rings (SSSR count). The number of nitrogens with zero attached hydrogens (tertiary/aromatic N) is 6. The van der Waals surface area contributed by atoms with E-state index in [0.29, 0.717) is 35.3 Å². The van der Waals surface area contributed by atoms with Crippen LogP contribution in [0.5, 0.6) is 0 Å². The fraction of sp³-hybridized carbons (Fsp3) is 0.258. The molecule has 0 aliphatic carbocycles. The Hall–Kier alpha value is -5.31. The minimum Gasteiger partial charge on any atom is -0.394 e. The Bertz CT molecular complexity index is 1900. The Morgan fingerprint density at radius 1 is 0.978 bits per heavy atom. The lowest BCUT2D eigenvalue weighted by atomic mass is 10.1. The second-order valence-electron chi connectivity index (χ2n) is 10.5. The van der Waals surface area contributed by atoms with Gasteiger partial charge in [0.25, 0.3) is 17.4 Å². The molecule has 1 fully saturated rings. The van der Waals surface area contributed by atoms with Crippen LogP contribution in [0.15, 0.2) is 89.1 Å². The van der Waals surface area contributed by atoms with Crippen molar-refractivity contribution in [2.24, 2.45) is 0 Å². The van der Waals surface area contributed by atoms with Crippen LogP contribution < -0.4 is 16.1 Å². The number of anilines is 1. The van der Waals surface area contributed by atoms with Crippen LogP contribution in [-0.4, -0.2) is 69.9 Å². The highest BCUT2D eigenvalue weighted by molar-refractivity contribution is 6.27. The van der Waals surface area contributed by atoms with Gasteiger partial charge in [0.2, 0.25) is 0 Å². The molecule has 2 amide bonds. The number of fused-ring (bicyclic) bond motifs is 1. The molecule has 3 atom stereocenters. The number of ether oxygens (including phenoxy) is 1. The number of imide groups is 1. The van der Waals surface area contributed by atoms with Crippen molar-refractivity contribution in [1.29, 1.82) is 0 Å². The normalized spacial score (nSPS) is 17.9. The second kappa shape index (κ2) is 12.7. The standard InChI is InChI=1S/C31H29N7O7/c39-16-23-22(40)14-24(45-23)37-15-21(28(41)35-31(37)44)12-7-13-36-18-34-25-26(36)32-17-33-27(25)38(29(42)19-8-3-1-4-9-19)30(43)20-10-5-2-6-11-20/h1-6,8-11,15,17-18,22-24,39-40H,7,12-14,16H2,(H,35,41,44)/t22-,23+,24+/m0/s1. The van der Waals surface area contributed by atoms with Crippen molar-refractivity contribution in [2.45, 2.75) is 44.2 Å². The summed E-state index contributed by atoms with van der Waals surface area (Å²) in [6, 6.07) is 16.8. The summed E-state index contributed by atoms with van der Waals surface area (Å²) in [4.78, 5) is 68.8. The van der Waals surface area contributed by atoms with Gasteiger partial charge in [0, 0.05) is 35.9 Å². The van der Waals surface area contributed by atoms with Crippen molar-refractivity contribution in [3.8, 4) is 0 Å². The Labute approximate surface area is 255 Å². The van der Waals surface area contributed by atoms with Crippen molar-refractivity contribution >= 4 is 28.8 Å². The third-order valence-electron chi connectivity index (χ3n) is 7.62. The second-order valence-corrected chi connectivity index (χ2v) is 10.5. The van der Waals surface area contributed by atoms with Gasteiger partial charge in [0.05, 0.1) is 19.0 Å². The summed E-state index contributed by atoms with van der Waals surface area (Å²) in [5.74, 6) is -1.11. The molecular weight excluding hydrogens is 582 g/mol. The van der Waals surface area contributed by atoms with E-state index in [9.17, 15) is 29.4 Å². The zero-order valence-electron chi connectivity index (χ0n) is 23.9. The maximum Gasteiger partial charge on any atom is 0.330 e. The van der Waals surface area contributed by atoms with Crippen LogP contribution >= 0.6 is 0 Å². The maximum absolute atomic E-state index is 13.7. The van der Waals surface area contributed by atoms with Gasteiger partial charge in [-0.1, -0.05) is 36.4 Å². The highest BCUT2D eigenvalue weighted by Crippen LogP contribution is 2.28. The molecule has 1 aliphatic heterocycles. The largest absolute Gasteiger partial charge is 0.394 e. The van der Waals surface area contributed by atoms with E-state index in [-0.39, 0.29) is 24.2 Å². The third kappa shape index (κ3) is 5.93. The van der Waals surface area contributed by atoms with Crippen molar-refractivity contribution in [1.82, 2.24) is 29.1 Å². The molecule has 1 aliphatic rings. The van der Waals surface area contributed by atoms with Crippen LogP contribution in [0.1, 0.15) is 45.3 Å². The topological polar surface area (TPSA) is 186 Å². The number of aromatic nitrogens is 6. The number of benzene rings is 2. The number of H-pyrrole nitrogens is 1. The molecule has 0 unspecified atom stereocenters. The summed E-state index contributed by atoms with van der Waals surface area (Å²) in [6.07, 6.45) is 2.42. The van der Waals surface area contributed by atoms with Gasteiger partial charge in [-0.15, -0.1) is 0 Å². The molecule has 45 heavy (non-hydrogen) atoms. The summed E-state index contributed by atoms with van der Waals surface area (Å²) in [6.45, 7) is -0.0403. The minimum absolute atomic E-state index is 0.0323. The van der Waals surface area contributed by atoms with E-state index in [4.69, 9.17) is 4.74 Å². The van der Waals surface area contributed by atoms with Crippen LogP contribution in [0, 0.1) is 0 Å². The van der Waals surface area contributed by atoms with Gasteiger partial charge in [-0.3, -0.25) is 23.9 Å². The highest BCUT2D eigenvalue weighted by Gasteiger charge is 2.35. The lowest BCUT2D eigenvalue weighted by Crippen LogP contribution is -2.38. The zero-order chi connectivity index (χ0) is 31.5. The van der Waals surface area contributed by atoms with Crippen molar-refractivity contribution in [3.63, 3.8) is 0 Å². The van der Waals surface area contributed by atoms with Crippen LogP contribution in [-0.2, 0) is 17.7 Å². The van der Waals surface area contributed by atoms with E-state index in [0.717, 1.165) is 4.90 Å². The number of amides is 2. The predicted molar refractivity (Wildman–Crippen MR) is 161 cm³/mol. The molecule has 5 aromatic rings. The number of aryl methyl sites for hydroxylation is 2. The maximum atomic E-state index is 13.7. The first-order chi connectivity index (χ1) is 21.9. The Balaban J connectivity index is 1.26. The van der Waals surface area contributed by atoms with E-state index >= 15 is 0 Å². The summed E-state index contributed by atoms with van der Waals surface area (Å²) in [7, 11) is 0. The van der Waals surface area contributed by atoms with Crippen LogP contribution in [0.4, 0.5) is 5.82 Å². The number of aliphatic hydroxyl groups is 2. The van der Waals surface area contributed by atoms with Gasteiger partial charge in [-0.05, 0) is 37.1 Å². The molecule has 4 heterocycles. The number of nitrogens with one attached hydrogen (secondary N) is 1. The molecule has 0 spiro atoms. The number of hydrogen-bond donors (Lipinski definition) is 3. The van der Waals surface area contributed by atoms with Crippen molar-refractivity contribution in [3.05, 3.63) is 117 Å². The molecule has 3 aromatic heterocycles. The fourth-order valence-electron chi connectivity index (χ4n) is 5.31. The first kappa shape index (κ1) is 29.7. The van der Waals surface area contributed by atoms with Crippen LogP contribution in [0.25, 0.3) is 11.2 Å². The van der Waals surface area contributed by atoms with Gasteiger partial charge >= 0.3 is 5.69 Å². The highest BCUT2D eigenvalue weighted by atomic mass is 16.5. The molecule has 3 N–H and O–H groups in total. The first-order valence-corrected chi connectivity index (χ1v) is 14.3. The van der Waals surface area contributed by atoms with Crippen molar-refractivity contribution in [2.75, 3.05) is 11.5 Å². The molecule has 0 bridgehead atoms. The number of carbonyl (C=O) groups excluding carboxylic acids is 2. The Morgan fingerprint density at radius 2 is 1.64 bits per heavy atom. The predicted octanol–water partition coefficient (Wildman–Crippen LogP) is 1.44. The number of carbonyl (C=O) groups is 2. The minimum atomic E-state index is -0.939. The van der Waals surface area contributed by atoms with Gasteiger partial charge in [-0.25, -0.2) is 24.6 Å². The SMILES string of the molecule is O=C(c1ccccc1)N(C(=O)c1ccccc1)c1ncnc2c1ncn2CCCc1cn([C@H]2C[C@H](O)[C@@H](CO)O2)c(=O)[nH]c1=O. The monoisotopic (exact) mass is 611 g/mol. The van der Waals surface area contributed by atoms with Gasteiger partial charge < -0.3 is 19.5 Å². The van der Waals surface area contributed by atoms with E-state index in [2.05, 4.69) is 19.9 Å². The lowest BCUT2D eigenvalue weighted by molar-refractivity contribution is -0.0460. The van der Waals surface area contributed by atoms with E-state index < -0.39 is 48.1 Å². The average molecular weight is 612 g/mol. The zero-order valence-corrected chi connectivity index (χ0v) is 23.9. The molecule has 0 saturated carbocycles. The third-order valence-corrected chi connectivity index (χ3v) is 7.62. The Morgan fingerprint density at radius 3 is 2.27 bits per heavy atom. The summed E-state index contributed by atoms with van der Waals surface area (Å²) < 4.78 is 8.52. The average Bonchev–Trinajstić information content (AvgIpc) is 3.66. The van der Waals surface area contributed by atoms with Gasteiger partial charge in [-0.2, -0.15) is 0 Å². The van der Waals surface area contributed by atoms with E-state index in [1.165, 1.54) is 23.4 Å². The van der Waals surface area contributed by atoms with Gasteiger partial charge in [0.1, 0.15) is 18.7 Å². The van der Waals surface area contributed by atoms with E-state index in [1.807, 2.05) is 0 Å². The fourth-order valence-corrected chi connectivity index (χ4v) is 5.31. The quantitative estimate of drug-likeness (QED) is 0.206. The number of aromatic amines is 1. The molecule has 230 valence electrons. The number of hydrogen-bond acceptors (Lipinski definition) is 10. The van der Waals surface area contributed by atoms with Crippen LogP contribution in [0.2, 0.25) is 0 Å². The van der Waals surface area contributed by atoms with Crippen molar-refractivity contribution < 1.29 is 24.5 Å². The lowest BCUT2D eigenvalue weighted by Gasteiger charge is -2.20. The molecule has 0 radical (unpaired) electrons. The van der Waals surface area contributed by atoms with Gasteiger partial charge in [0.15, 0.2) is 17.0 Å². The molecule has 1 saturated heterocycles. The molecular formula is C31H29N7O7. The summed E-state index contributed by atoms with van der Waals surface area (Å²) in [5.41, 5.74) is 0.328.